The van der Waals surface area contributed by atoms with Crippen LogP contribution in [0.5, 0.6) is 0 Å². The molecule has 3 nitrogen and oxygen atoms in total. The van der Waals surface area contributed by atoms with Gasteiger partial charge in [-0.05, 0) is 29.0 Å². The summed E-state index contributed by atoms with van der Waals surface area (Å²) >= 11 is 1.69. The van der Waals surface area contributed by atoms with Crippen molar-refractivity contribution in [3.63, 3.8) is 0 Å². The second kappa shape index (κ2) is 6.95. The van der Waals surface area contributed by atoms with Crippen molar-refractivity contribution < 1.29 is 4.79 Å². The summed E-state index contributed by atoms with van der Waals surface area (Å²) in [7, 11) is 0. The monoisotopic (exact) mass is 274 g/mol. The molecule has 0 aliphatic rings. The zero-order valence-corrected chi connectivity index (χ0v) is 11.8. The van der Waals surface area contributed by atoms with Gasteiger partial charge in [0.25, 0.3) is 0 Å². The molecule has 1 aromatic heterocycles. The van der Waals surface area contributed by atoms with E-state index in [1.165, 1.54) is 10.4 Å². The van der Waals surface area contributed by atoms with Crippen LogP contribution in [-0.4, -0.2) is 6.03 Å². The topological polar surface area (TPSA) is 41.1 Å². The van der Waals surface area contributed by atoms with Gasteiger partial charge in [0.1, 0.15) is 0 Å². The van der Waals surface area contributed by atoms with Crippen LogP contribution in [0.15, 0.2) is 41.8 Å². The first-order valence-electron chi connectivity index (χ1n) is 6.40. The van der Waals surface area contributed by atoms with Crippen LogP contribution in [0.25, 0.3) is 0 Å². The van der Waals surface area contributed by atoms with E-state index in [0.717, 1.165) is 12.0 Å². The molecule has 2 amide bonds. The van der Waals surface area contributed by atoms with E-state index in [9.17, 15) is 4.79 Å². The van der Waals surface area contributed by atoms with Crippen molar-refractivity contribution in [3.05, 3.63) is 57.8 Å². The summed E-state index contributed by atoms with van der Waals surface area (Å²) in [5.41, 5.74) is 2.41. The number of amides is 2. The molecule has 0 radical (unpaired) electrons. The molecule has 0 unspecified atom stereocenters. The van der Waals surface area contributed by atoms with Gasteiger partial charge in [-0.2, -0.15) is 0 Å². The number of carbonyl (C=O) groups is 1. The Hall–Kier alpha value is -1.81. The minimum absolute atomic E-state index is 0.126. The van der Waals surface area contributed by atoms with Gasteiger partial charge in [0.15, 0.2) is 0 Å². The lowest BCUT2D eigenvalue weighted by atomic mass is 10.2. The predicted molar refractivity (Wildman–Crippen MR) is 79.2 cm³/mol. The maximum atomic E-state index is 11.7. The molecule has 0 aliphatic heterocycles. The largest absolute Gasteiger partial charge is 0.334 e. The van der Waals surface area contributed by atoms with E-state index in [-0.39, 0.29) is 6.03 Å². The fraction of sp³-hybridized carbons (Fsp3) is 0.267. The Bertz CT molecular complexity index is 522. The van der Waals surface area contributed by atoms with E-state index in [2.05, 4.69) is 29.0 Å². The summed E-state index contributed by atoms with van der Waals surface area (Å²) in [4.78, 5) is 12.9. The van der Waals surface area contributed by atoms with Gasteiger partial charge in [-0.15, -0.1) is 11.3 Å². The highest BCUT2D eigenvalue weighted by Gasteiger charge is 2.04. The van der Waals surface area contributed by atoms with Crippen molar-refractivity contribution >= 4 is 17.4 Å². The Morgan fingerprint density at radius 1 is 1.11 bits per heavy atom. The first kappa shape index (κ1) is 13.6. The van der Waals surface area contributed by atoms with Crippen molar-refractivity contribution in [3.8, 4) is 0 Å². The number of rotatable bonds is 5. The molecule has 1 aromatic carbocycles. The molecule has 100 valence electrons. The molecule has 2 N–H and O–H groups in total. The Kier molecular flexibility index (Phi) is 4.98. The molecule has 0 bridgehead atoms. The van der Waals surface area contributed by atoms with Gasteiger partial charge in [-0.3, -0.25) is 0 Å². The van der Waals surface area contributed by atoms with Crippen LogP contribution in [0.1, 0.15) is 22.9 Å². The molecule has 0 saturated heterocycles. The lowest BCUT2D eigenvalue weighted by Gasteiger charge is -2.07. The second-order valence-electron chi connectivity index (χ2n) is 4.24. The number of benzene rings is 1. The summed E-state index contributed by atoms with van der Waals surface area (Å²) in [6, 6.07) is 11.9. The number of hydrogen-bond acceptors (Lipinski definition) is 2. The molecule has 0 saturated carbocycles. The van der Waals surface area contributed by atoms with Crippen molar-refractivity contribution in [1.29, 1.82) is 0 Å². The summed E-state index contributed by atoms with van der Waals surface area (Å²) in [5, 5.41) is 7.81. The van der Waals surface area contributed by atoms with E-state index < -0.39 is 0 Å². The Labute approximate surface area is 117 Å². The van der Waals surface area contributed by atoms with E-state index in [1.54, 1.807) is 11.3 Å². The van der Waals surface area contributed by atoms with Crippen molar-refractivity contribution in [2.24, 2.45) is 0 Å². The summed E-state index contributed by atoms with van der Waals surface area (Å²) in [6.45, 7) is 3.28. The lowest BCUT2D eigenvalue weighted by Crippen LogP contribution is -2.34. The molecule has 1 heterocycles. The van der Waals surface area contributed by atoms with Gasteiger partial charge < -0.3 is 10.6 Å². The van der Waals surface area contributed by atoms with Crippen molar-refractivity contribution in [2.45, 2.75) is 26.4 Å². The quantitative estimate of drug-likeness (QED) is 0.863. The zero-order chi connectivity index (χ0) is 13.5. The Morgan fingerprint density at radius 2 is 1.84 bits per heavy atom. The third kappa shape index (κ3) is 4.10. The molecule has 19 heavy (non-hydrogen) atoms. The number of urea groups is 1. The van der Waals surface area contributed by atoms with Gasteiger partial charge in [0.2, 0.25) is 0 Å². The van der Waals surface area contributed by atoms with Crippen LogP contribution in [0, 0.1) is 0 Å². The third-order valence-electron chi connectivity index (χ3n) is 2.92. The number of carbonyl (C=O) groups excluding carboxylic acids is 1. The highest BCUT2D eigenvalue weighted by atomic mass is 32.1. The number of thiophene rings is 1. The van der Waals surface area contributed by atoms with E-state index >= 15 is 0 Å². The van der Waals surface area contributed by atoms with E-state index in [1.807, 2.05) is 30.3 Å². The standard InChI is InChI=1S/C15H18N2OS/c1-2-13-8-9-19-14(13)11-17-15(18)16-10-12-6-4-3-5-7-12/h3-9H,2,10-11H2,1H3,(H2,16,17,18). The Balaban J connectivity index is 1.76. The highest BCUT2D eigenvalue weighted by Crippen LogP contribution is 2.16. The van der Waals surface area contributed by atoms with Crippen LogP contribution in [0.2, 0.25) is 0 Å². The number of hydrogen-bond donors (Lipinski definition) is 2. The summed E-state index contributed by atoms with van der Waals surface area (Å²) < 4.78 is 0. The maximum Gasteiger partial charge on any atom is 0.315 e. The minimum Gasteiger partial charge on any atom is -0.334 e. The first-order chi connectivity index (χ1) is 9.29. The molecular weight excluding hydrogens is 256 g/mol. The SMILES string of the molecule is CCc1ccsc1CNC(=O)NCc1ccccc1. The molecule has 0 fully saturated rings. The van der Waals surface area contributed by atoms with Crippen LogP contribution in [0.3, 0.4) is 0 Å². The van der Waals surface area contributed by atoms with Crippen LogP contribution in [-0.2, 0) is 19.5 Å². The third-order valence-corrected chi connectivity index (χ3v) is 3.89. The average Bonchev–Trinajstić information content (AvgIpc) is 2.91. The molecule has 2 aromatic rings. The minimum atomic E-state index is -0.126. The van der Waals surface area contributed by atoms with E-state index in [4.69, 9.17) is 0 Å². The average molecular weight is 274 g/mol. The second-order valence-corrected chi connectivity index (χ2v) is 5.25. The number of aryl methyl sites for hydroxylation is 1. The molecule has 0 atom stereocenters. The molecular formula is C15H18N2OS. The fourth-order valence-corrected chi connectivity index (χ4v) is 2.75. The van der Waals surface area contributed by atoms with Crippen LogP contribution >= 0.6 is 11.3 Å². The van der Waals surface area contributed by atoms with Crippen LogP contribution in [0.4, 0.5) is 4.79 Å². The maximum absolute atomic E-state index is 11.7. The molecule has 0 aliphatic carbocycles. The van der Waals surface area contributed by atoms with Gasteiger partial charge in [-0.1, -0.05) is 37.3 Å². The normalized spacial score (nSPS) is 10.2. The van der Waals surface area contributed by atoms with Gasteiger partial charge in [-0.25, -0.2) is 4.79 Å². The molecule has 2 rings (SSSR count). The van der Waals surface area contributed by atoms with Crippen molar-refractivity contribution in [2.75, 3.05) is 0 Å². The smallest absolute Gasteiger partial charge is 0.315 e. The Morgan fingerprint density at radius 3 is 2.58 bits per heavy atom. The summed E-state index contributed by atoms with van der Waals surface area (Å²) in [5.74, 6) is 0. The highest BCUT2D eigenvalue weighted by molar-refractivity contribution is 7.10. The van der Waals surface area contributed by atoms with Crippen LogP contribution < -0.4 is 10.6 Å². The first-order valence-corrected chi connectivity index (χ1v) is 7.28. The molecule has 0 spiro atoms. The van der Waals surface area contributed by atoms with E-state index in [0.29, 0.717) is 13.1 Å². The van der Waals surface area contributed by atoms with Crippen molar-refractivity contribution in [1.82, 2.24) is 10.6 Å². The summed E-state index contributed by atoms with van der Waals surface area (Å²) in [6.07, 6.45) is 1.01. The molecule has 4 heteroatoms. The van der Waals surface area contributed by atoms with Gasteiger partial charge in [0.05, 0.1) is 6.54 Å². The number of nitrogens with one attached hydrogen (secondary N) is 2. The lowest BCUT2D eigenvalue weighted by molar-refractivity contribution is 0.240. The predicted octanol–water partition coefficient (Wildman–Crippen LogP) is 3.31. The zero-order valence-electron chi connectivity index (χ0n) is 11.0. The fourth-order valence-electron chi connectivity index (χ4n) is 1.84. The van der Waals surface area contributed by atoms with Gasteiger partial charge in [0, 0.05) is 11.4 Å². The van der Waals surface area contributed by atoms with Gasteiger partial charge >= 0.3 is 6.03 Å².